The number of nitrogens with zero attached hydrogens (tertiary/aromatic N) is 1. The number of carboxylic acids is 1. The van der Waals surface area contributed by atoms with E-state index in [0.717, 1.165) is 4.90 Å². The number of rotatable bonds is 7. The fraction of sp³-hybridized carbons (Fsp3) is 0.143. The summed E-state index contributed by atoms with van der Waals surface area (Å²) in [6.07, 6.45) is 1.24. The maximum atomic E-state index is 13.0. The van der Waals surface area contributed by atoms with Crippen LogP contribution in [0.2, 0.25) is 0 Å². The van der Waals surface area contributed by atoms with Crippen molar-refractivity contribution in [1.82, 2.24) is 5.32 Å². The van der Waals surface area contributed by atoms with E-state index in [2.05, 4.69) is 21.2 Å². The lowest BCUT2D eigenvalue weighted by Gasteiger charge is -2.26. The zero-order valence-electron chi connectivity index (χ0n) is 16.3. The molecule has 0 bridgehead atoms. The normalized spacial score (nSPS) is 15.1. The molecule has 31 heavy (non-hydrogen) atoms. The third-order valence-electron chi connectivity index (χ3n) is 4.13. The Morgan fingerprint density at radius 2 is 1.84 bits per heavy atom. The second-order valence-corrected chi connectivity index (χ2v) is 7.17. The van der Waals surface area contributed by atoms with E-state index in [0.29, 0.717) is 16.8 Å². The number of carbonyl (C=O) groups excluding carboxylic acids is 3. The van der Waals surface area contributed by atoms with Crippen LogP contribution in [0.15, 0.2) is 52.5 Å². The minimum absolute atomic E-state index is 0.156. The molecule has 1 saturated heterocycles. The molecule has 10 heteroatoms. The van der Waals surface area contributed by atoms with Gasteiger partial charge in [0.1, 0.15) is 17.1 Å². The Labute approximate surface area is 185 Å². The SMILES string of the molecule is CCOc1ccc(N2C(=O)NC(=O)/C(=C\c3cc(Br)ccc3OCC(=O)O)C2=O)cc1. The summed E-state index contributed by atoms with van der Waals surface area (Å²) in [4.78, 5) is 49.4. The molecule has 3 rings (SSSR count). The lowest BCUT2D eigenvalue weighted by Crippen LogP contribution is -2.54. The van der Waals surface area contributed by atoms with Crippen LogP contribution < -0.4 is 19.7 Å². The maximum Gasteiger partial charge on any atom is 0.341 e. The first kappa shape index (κ1) is 22.0. The van der Waals surface area contributed by atoms with Crippen molar-refractivity contribution < 1.29 is 33.8 Å². The van der Waals surface area contributed by atoms with E-state index >= 15 is 0 Å². The number of hydrogen-bond donors (Lipinski definition) is 2. The van der Waals surface area contributed by atoms with Gasteiger partial charge >= 0.3 is 12.0 Å². The number of barbiturate groups is 1. The molecule has 0 saturated carbocycles. The number of carbonyl (C=O) groups is 4. The highest BCUT2D eigenvalue weighted by atomic mass is 79.9. The van der Waals surface area contributed by atoms with Crippen LogP contribution in [0, 0.1) is 0 Å². The standard InChI is InChI=1S/C21H17BrN2O7/c1-2-30-15-6-4-14(5-7-15)24-20(28)16(19(27)23-21(24)29)10-12-9-13(22)3-8-17(12)31-11-18(25)26/h3-10H,2,11H2,1H3,(H,25,26)(H,23,27,29)/b16-10+. The first-order valence-electron chi connectivity index (χ1n) is 9.08. The first-order valence-corrected chi connectivity index (χ1v) is 9.88. The summed E-state index contributed by atoms with van der Waals surface area (Å²) >= 11 is 3.29. The van der Waals surface area contributed by atoms with Crippen molar-refractivity contribution in [2.45, 2.75) is 6.92 Å². The monoisotopic (exact) mass is 488 g/mol. The van der Waals surface area contributed by atoms with Crippen LogP contribution >= 0.6 is 15.9 Å². The molecule has 1 fully saturated rings. The zero-order chi connectivity index (χ0) is 22.5. The molecule has 2 aromatic carbocycles. The topological polar surface area (TPSA) is 122 Å². The lowest BCUT2D eigenvalue weighted by molar-refractivity contribution is -0.139. The summed E-state index contributed by atoms with van der Waals surface area (Å²) in [6.45, 7) is 1.69. The van der Waals surface area contributed by atoms with E-state index in [1.54, 1.807) is 24.3 Å². The molecule has 0 aliphatic carbocycles. The van der Waals surface area contributed by atoms with Crippen molar-refractivity contribution in [3.05, 3.63) is 58.1 Å². The van der Waals surface area contributed by atoms with Gasteiger partial charge in [-0.05, 0) is 55.5 Å². The van der Waals surface area contributed by atoms with E-state index in [9.17, 15) is 19.2 Å². The van der Waals surface area contributed by atoms with Gasteiger partial charge in [0, 0.05) is 10.0 Å². The molecule has 0 aromatic heterocycles. The van der Waals surface area contributed by atoms with Gasteiger partial charge in [0.25, 0.3) is 11.8 Å². The number of halogens is 1. The Hall–Kier alpha value is -3.66. The van der Waals surface area contributed by atoms with Crippen LogP contribution in [-0.2, 0) is 14.4 Å². The van der Waals surface area contributed by atoms with Crippen molar-refractivity contribution in [3.63, 3.8) is 0 Å². The molecule has 0 radical (unpaired) electrons. The van der Waals surface area contributed by atoms with Gasteiger partial charge in [0.15, 0.2) is 6.61 Å². The van der Waals surface area contributed by atoms with Crippen LogP contribution in [0.4, 0.5) is 10.5 Å². The second kappa shape index (κ2) is 9.43. The highest BCUT2D eigenvalue weighted by Crippen LogP contribution is 2.28. The van der Waals surface area contributed by atoms with Gasteiger partial charge in [0.05, 0.1) is 12.3 Å². The predicted octanol–water partition coefficient (Wildman–Crippen LogP) is 2.98. The summed E-state index contributed by atoms with van der Waals surface area (Å²) in [6, 6.07) is 10.1. The summed E-state index contributed by atoms with van der Waals surface area (Å²) in [5.74, 6) is -2.16. The van der Waals surface area contributed by atoms with E-state index in [-0.39, 0.29) is 22.6 Å². The molecular weight excluding hydrogens is 472 g/mol. The summed E-state index contributed by atoms with van der Waals surface area (Å²) in [5.41, 5.74) is 0.225. The molecular formula is C21H17BrN2O7. The number of amides is 4. The van der Waals surface area contributed by atoms with E-state index < -0.39 is 30.4 Å². The van der Waals surface area contributed by atoms with Gasteiger partial charge in [-0.1, -0.05) is 15.9 Å². The van der Waals surface area contributed by atoms with Gasteiger partial charge in [-0.3, -0.25) is 14.9 Å². The number of anilines is 1. The van der Waals surface area contributed by atoms with E-state index in [1.807, 2.05) is 6.92 Å². The van der Waals surface area contributed by atoms with Crippen molar-refractivity contribution in [3.8, 4) is 11.5 Å². The Kier molecular flexibility index (Phi) is 6.71. The molecule has 160 valence electrons. The van der Waals surface area contributed by atoms with Gasteiger partial charge in [-0.2, -0.15) is 0 Å². The van der Waals surface area contributed by atoms with Gasteiger partial charge in [-0.25, -0.2) is 14.5 Å². The van der Waals surface area contributed by atoms with Gasteiger partial charge in [-0.15, -0.1) is 0 Å². The zero-order valence-corrected chi connectivity index (χ0v) is 17.8. The van der Waals surface area contributed by atoms with Crippen LogP contribution in [0.3, 0.4) is 0 Å². The Morgan fingerprint density at radius 1 is 1.13 bits per heavy atom. The average Bonchev–Trinajstić information content (AvgIpc) is 2.71. The number of hydrogen-bond acceptors (Lipinski definition) is 6. The molecule has 0 unspecified atom stereocenters. The van der Waals surface area contributed by atoms with E-state index in [1.165, 1.54) is 24.3 Å². The number of benzene rings is 2. The van der Waals surface area contributed by atoms with E-state index in [4.69, 9.17) is 14.6 Å². The minimum atomic E-state index is -1.18. The smallest absolute Gasteiger partial charge is 0.341 e. The average molecular weight is 489 g/mol. The van der Waals surface area contributed by atoms with Crippen molar-refractivity contribution >= 4 is 51.5 Å². The maximum absolute atomic E-state index is 13.0. The number of aliphatic carboxylic acids is 1. The summed E-state index contributed by atoms with van der Waals surface area (Å²) in [5, 5.41) is 11.0. The fourth-order valence-electron chi connectivity index (χ4n) is 2.81. The molecule has 4 amide bonds. The molecule has 2 aromatic rings. The number of urea groups is 1. The highest BCUT2D eigenvalue weighted by molar-refractivity contribution is 9.10. The minimum Gasteiger partial charge on any atom is -0.494 e. The fourth-order valence-corrected chi connectivity index (χ4v) is 3.19. The second-order valence-electron chi connectivity index (χ2n) is 6.25. The first-order chi connectivity index (χ1) is 14.8. The highest BCUT2D eigenvalue weighted by Gasteiger charge is 2.37. The molecule has 0 spiro atoms. The number of nitrogens with one attached hydrogen (secondary N) is 1. The Bertz CT molecular complexity index is 1080. The largest absolute Gasteiger partial charge is 0.494 e. The van der Waals surface area contributed by atoms with Crippen LogP contribution in [-0.4, -0.2) is 42.1 Å². The molecule has 9 nitrogen and oxygen atoms in total. The third kappa shape index (κ3) is 5.10. The Balaban J connectivity index is 1.97. The number of ether oxygens (including phenoxy) is 2. The van der Waals surface area contributed by atoms with Crippen molar-refractivity contribution in [1.29, 1.82) is 0 Å². The quantitative estimate of drug-likeness (QED) is 0.453. The number of imide groups is 2. The number of carboxylic acid groups (broad SMARTS) is 1. The van der Waals surface area contributed by atoms with Crippen molar-refractivity contribution in [2.24, 2.45) is 0 Å². The molecule has 2 N–H and O–H groups in total. The summed E-state index contributed by atoms with van der Waals surface area (Å²) in [7, 11) is 0. The molecule has 1 aliphatic rings. The van der Waals surface area contributed by atoms with Gasteiger partial charge < -0.3 is 14.6 Å². The predicted molar refractivity (Wildman–Crippen MR) is 114 cm³/mol. The Morgan fingerprint density at radius 3 is 2.48 bits per heavy atom. The van der Waals surface area contributed by atoms with Gasteiger partial charge in [0.2, 0.25) is 0 Å². The third-order valence-corrected chi connectivity index (χ3v) is 4.62. The van der Waals surface area contributed by atoms with Crippen molar-refractivity contribution in [2.75, 3.05) is 18.1 Å². The van der Waals surface area contributed by atoms with Crippen LogP contribution in [0.5, 0.6) is 11.5 Å². The lowest BCUT2D eigenvalue weighted by atomic mass is 10.1. The summed E-state index contributed by atoms with van der Waals surface area (Å²) < 4.78 is 11.2. The molecule has 1 aliphatic heterocycles. The van der Waals surface area contributed by atoms with Crippen LogP contribution in [0.25, 0.3) is 6.08 Å². The molecule has 1 heterocycles. The van der Waals surface area contributed by atoms with Crippen LogP contribution in [0.1, 0.15) is 12.5 Å². The molecule has 0 atom stereocenters.